The second-order valence-electron chi connectivity index (χ2n) is 3.78. The maximum Gasteiger partial charge on any atom is 0.255 e. The average Bonchev–Trinajstić information content (AvgIpc) is 2.37. The molecular weight excluding hydrogens is 233 g/mol. The summed E-state index contributed by atoms with van der Waals surface area (Å²) in [6.45, 7) is 0.241. The van der Waals surface area contributed by atoms with Crippen molar-refractivity contribution in [3.63, 3.8) is 0 Å². The van der Waals surface area contributed by atoms with Crippen LogP contribution in [0.15, 0.2) is 42.7 Å². The van der Waals surface area contributed by atoms with Crippen LogP contribution in [-0.4, -0.2) is 10.9 Å². The van der Waals surface area contributed by atoms with Gasteiger partial charge in [0.2, 0.25) is 0 Å². The number of nitrogens with one attached hydrogen (secondary N) is 1. The second kappa shape index (κ2) is 5.27. The number of aromatic nitrogens is 1. The van der Waals surface area contributed by atoms with Crippen LogP contribution < -0.4 is 11.1 Å². The molecule has 4 nitrogen and oxygen atoms in total. The highest BCUT2D eigenvalue weighted by atomic mass is 19.1. The van der Waals surface area contributed by atoms with Gasteiger partial charge >= 0.3 is 0 Å². The third kappa shape index (κ3) is 2.82. The molecule has 1 heterocycles. The van der Waals surface area contributed by atoms with E-state index in [0.29, 0.717) is 16.8 Å². The monoisotopic (exact) mass is 245 g/mol. The molecular formula is C13H12FN3O. The summed E-state index contributed by atoms with van der Waals surface area (Å²) in [6.07, 6.45) is 2.91. The van der Waals surface area contributed by atoms with E-state index in [4.69, 9.17) is 5.73 Å². The lowest BCUT2D eigenvalue weighted by atomic mass is 10.2. The zero-order valence-electron chi connectivity index (χ0n) is 9.56. The Hall–Kier alpha value is -2.43. The molecule has 0 saturated carbocycles. The number of pyridine rings is 1. The van der Waals surface area contributed by atoms with Crippen molar-refractivity contribution in [2.45, 2.75) is 6.54 Å². The van der Waals surface area contributed by atoms with Crippen LogP contribution in [0.5, 0.6) is 0 Å². The fraction of sp³-hybridized carbons (Fsp3) is 0.0769. The Morgan fingerprint density at radius 1 is 1.39 bits per heavy atom. The summed E-state index contributed by atoms with van der Waals surface area (Å²) in [6, 6.07) is 7.60. The zero-order chi connectivity index (χ0) is 13.0. The number of benzene rings is 1. The Labute approximate surface area is 104 Å². The first-order valence-electron chi connectivity index (χ1n) is 5.39. The largest absolute Gasteiger partial charge is 0.398 e. The van der Waals surface area contributed by atoms with Crippen molar-refractivity contribution >= 4 is 11.6 Å². The molecule has 1 aromatic heterocycles. The summed E-state index contributed by atoms with van der Waals surface area (Å²) in [4.78, 5) is 15.6. The van der Waals surface area contributed by atoms with Gasteiger partial charge in [0.05, 0.1) is 5.56 Å². The minimum absolute atomic E-state index is 0.241. The minimum Gasteiger partial charge on any atom is -0.398 e. The van der Waals surface area contributed by atoms with Gasteiger partial charge in [-0.05, 0) is 23.8 Å². The molecule has 0 saturated heterocycles. The van der Waals surface area contributed by atoms with E-state index in [1.165, 1.54) is 24.5 Å². The van der Waals surface area contributed by atoms with Crippen molar-refractivity contribution in [2.24, 2.45) is 0 Å². The first-order valence-corrected chi connectivity index (χ1v) is 5.39. The Kier molecular flexibility index (Phi) is 3.52. The lowest BCUT2D eigenvalue weighted by molar-refractivity contribution is 0.0951. The topological polar surface area (TPSA) is 68.0 Å². The molecule has 0 aliphatic rings. The molecule has 0 aliphatic carbocycles. The fourth-order valence-electron chi connectivity index (χ4n) is 1.52. The molecule has 0 radical (unpaired) electrons. The molecule has 1 aromatic carbocycles. The predicted molar refractivity (Wildman–Crippen MR) is 66.2 cm³/mol. The maximum absolute atomic E-state index is 12.9. The molecule has 2 rings (SSSR count). The van der Waals surface area contributed by atoms with E-state index in [0.717, 1.165) is 0 Å². The summed E-state index contributed by atoms with van der Waals surface area (Å²) in [7, 11) is 0. The van der Waals surface area contributed by atoms with Crippen LogP contribution in [0.1, 0.15) is 15.9 Å². The Morgan fingerprint density at radius 2 is 2.22 bits per heavy atom. The van der Waals surface area contributed by atoms with E-state index in [2.05, 4.69) is 10.3 Å². The van der Waals surface area contributed by atoms with Gasteiger partial charge in [-0.2, -0.15) is 0 Å². The predicted octanol–water partition coefficient (Wildman–Crippen LogP) is 1.73. The highest BCUT2D eigenvalue weighted by Crippen LogP contribution is 2.09. The highest BCUT2D eigenvalue weighted by Gasteiger charge is 2.08. The van der Waals surface area contributed by atoms with Crippen molar-refractivity contribution in [1.29, 1.82) is 0 Å². The molecule has 1 amide bonds. The molecule has 3 N–H and O–H groups in total. The number of carbonyl (C=O) groups excluding carboxylic acids is 1. The number of rotatable bonds is 3. The van der Waals surface area contributed by atoms with Gasteiger partial charge < -0.3 is 11.1 Å². The summed E-state index contributed by atoms with van der Waals surface area (Å²) < 4.78 is 12.9. The Balaban J connectivity index is 2.03. The Morgan fingerprint density at radius 3 is 2.94 bits per heavy atom. The van der Waals surface area contributed by atoms with E-state index >= 15 is 0 Å². The summed E-state index contributed by atoms with van der Waals surface area (Å²) in [5.41, 5.74) is 7.02. The molecule has 0 bridgehead atoms. The highest BCUT2D eigenvalue weighted by molar-refractivity contribution is 5.98. The van der Waals surface area contributed by atoms with Gasteiger partial charge in [-0.3, -0.25) is 9.78 Å². The molecule has 18 heavy (non-hydrogen) atoms. The smallest absolute Gasteiger partial charge is 0.255 e. The number of amides is 1. The van der Waals surface area contributed by atoms with Gasteiger partial charge in [0.25, 0.3) is 5.91 Å². The molecule has 0 atom stereocenters. The molecule has 0 fully saturated rings. The molecule has 5 heteroatoms. The third-order valence-electron chi connectivity index (χ3n) is 2.44. The number of nitrogens with two attached hydrogens (primary N) is 1. The lowest BCUT2D eigenvalue weighted by Gasteiger charge is -2.07. The van der Waals surface area contributed by atoms with Gasteiger partial charge in [0, 0.05) is 24.6 Å². The van der Waals surface area contributed by atoms with Crippen LogP contribution >= 0.6 is 0 Å². The van der Waals surface area contributed by atoms with Gasteiger partial charge in [0.15, 0.2) is 0 Å². The standard InChI is InChI=1S/C13H12FN3O/c14-10-3-1-2-9(6-10)7-17-13(18)11-8-16-5-4-12(11)15/h1-6,8H,7H2,(H2,15,16)(H,17,18). The fourth-order valence-corrected chi connectivity index (χ4v) is 1.52. The number of hydrogen-bond acceptors (Lipinski definition) is 3. The summed E-state index contributed by atoms with van der Waals surface area (Å²) in [5.74, 6) is -0.660. The summed E-state index contributed by atoms with van der Waals surface area (Å²) in [5, 5.41) is 2.66. The number of hydrogen-bond donors (Lipinski definition) is 2. The lowest BCUT2D eigenvalue weighted by Crippen LogP contribution is -2.24. The number of halogens is 1. The molecule has 0 unspecified atom stereocenters. The van der Waals surface area contributed by atoms with Crippen molar-refractivity contribution in [2.75, 3.05) is 5.73 Å². The van der Waals surface area contributed by atoms with Crippen molar-refractivity contribution in [3.8, 4) is 0 Å². The van der Waals surface area contributed by atoms with Gasteiger partial charge in [-0.15, -0.1) is 0 Å². The third-order valence-corrected chi connectivity index (χ3v) is 2.44. The van der Waals surface area contributed by atoms with Crippen molar-refractivity contribution in [3.05, 3.63) is 59.7 Å². The van der Waals surface area contributed by atoms with Crippen molar-refractivity contribution < 1.29 is 9.18 Å². The second-order valence-corrected chi connectivity index (χ2v) is 3.78. The maximum atomic E-state index is 12.9. The van der Waals surface area contributed by atoms with Crippen LogP contribution in [0.2, 0.25) is 0 Å². The van der Waals surface area contributed by atoms with Gasteiger partial charge in [0.1, 0.15) is 5.82 Å². The van der Waals surface area contributed by atoms with E-state index in [9.17, 15) is 9.18 Å². The van der Waals surface area contributed by atoms with Crippen LogP contribution in [0.3, 0.4) is 0 Å². The average molecular weight is 245 g/mol. The molecule has 92 valence electrons. The van der Waals surface area contributed by atoms with Gasteiger partial charge in [-0.25, -0.2) is 4.39 Å². The van der Waals surface area contributed by atoms with E-state index < -0.39 is 0 Å². The Bertz CT molecular complexity index is 572. The molecule has 2 aromatic rings. The van der Waals surface area contributed by atoms with Crippen LogP contribution in [0, 0.1) is 5.82 Å². The van der Waals surface area contributed by atoms with E-state index in [1.807, 2.05) is 0 Å². The SMILES string of the molecule is Nc1ccncc1C(=O)NCc1cccc(F)c1. The van der Waals surface area contributed by atoms with E-state index in [-0.39, 0.29) is 18.3 Å². The van der Waals surface area contributed by atoms with Crippen LogP contribution in [0.25, 0.3) is 0 Å². The quantitative estimate of drug-likeness (QED) is 0.865. The number of nitrogens with zero attached hydrogens (tertiary/aromatic N) is 1. The number of anilines is 1. The zero-order valence-corrected chi connectivity index (χ0v) is 9.56. The number of carbonyl (C=O) groups is 1. The minimum atomic E-state index is -0.331. The molecule has 0 aliphatic heterocycles. The van der Waals surface area contributed by atoms with Gasteiger partial charge in [-0.1, -0.05) is 12.1 Å². The first-order chi connectivity index (χ1) is 8.66. The normalized spacial score (nSPS) is 10.1. The molecule has 0 spiro atoms. The van der Waals surface area contributed by atoms with E-state index in [1.54, 1.807) is 18.2 Å². The van der Waals surface area contributed by atoms with Crippen LogP contribution in [-0.2, 0) is 6.54 Å². The number of nitrogen functional groups attached to an aromatic ring is 1. The van der Waals surface area contributed by atoms with Crippen molar-refractivity contribution in [1.82, 2.24) is 10.3 Å². The van der Waals surface area contributed by atoms with Crippen LogP contribution in [0.4, 0.5) is 10.1 Å². The summed E-state index contributed by atoms with van der Waals surface area (Å²) >= 11 is 0. The first kappa shape index (κ1) is 12.0.